The van der Waals surface area contributed by atoms with E-state index in [0.29, 0.717) is 50.1 Å². The van der Waals surface area contributed by atoms with Gasteiger partial charge in [-0.15, -0.1) is 0 Å². The fourth-order valence-electron chi connectivity index (χ4n) is 3.26. The molecule has 0 aromatic heterocycles. The average molecular weight is 436 g/mol. The molecule has 6 nitrogen and oxygen atoms in total. The Morgan fingerprint density at radius 1 is 1.16 bits per heavy atom. The van der Waals surface area contributed by atoms with Crippen LogP contribution in [0.25, 0.3) is 0 Å². The van der Waals surface area contributed by atoms with Crippen molar-refractivity contribution in [1.29, 1.82) is 0 Å². The van der Waals surface area contributed by atoms with E-state index in [-0.39, 0.29) is 24.7 Å². The molecule has 0 bridgehead atoms. The second-order valence-electron chi connectivity index (χ2n) is 6.92. The van der Waals surface area contributed by atoms with Crippen molar-refractivity contribution < 1.29 is 22.6 Å². The van der Waals surface area contributed by atoms with Crippen LogP contribution in [0.4, 0.5) is 18.9 Å². The molecular weight excluding hydrogens is 409 g/mol. The van der Waals surface area contributed by atoms with Gasteiger partial charge in [0.15, 0.2) is 5.96 Å². The standard InChI is InChI=1S/C22H27F3N4O2/c1-2-26-22(28-15-17-5-3-4-6-20(17)31-21(24)25)27-14-16-7-8-19(18(23)13-16)29-9-11-30-12-10-29/h3-8,13,21H,2,9-12,14-15H2,1H3,(H2,26,27,28). The van der Waals surface area contributed by atoms with Crippen LogP contribution in [-0.4, -0.2) is 45.4 Å². The molecule has 2 aromatic carbocycles. The minimum atomic E-state index is -2.89. The van der Waals surface area contributed by atoms with E-state index in [9.17, 15) is 13.2 Å². The zero-order valence-electron chi connectivity index (χ0n) is 17.4. The summed E-state index contributed by atoms with van der Waals surface area (Å²) in [7, 11) is 0. The number of aliphatic imine (C=N–C) groups is 1. The van der Waals surface area contributed by atoms with Gasteiger partial charge in [0, 0.05) is 31.7 Å². The van der Waals surface area contributed by atoms with Gasteiger partial charge in [0.25, 0.3) is 0 Å². The largest absolute Gasteiger partial charge is 0.434 e. The highest BCUT2D eigenvalue weighted by Crippen LogP contribution is 2.22. The van der Waals surface area contributed by atoms with Gasteiger partial charge in [0.2, 0.25) is 0 Å². The van der Waals surface area contributed by atoms with E-state index < -0.39 is 6.61 Å². The van der Waals surface area contributed by atoms with E-state index in [1.54, 1.807) is 24.3 Å². The van der Waals surface area contributed by atoms with Crippen molar-refractivity contribution in [1.82, 2.24) is 10.6 Å². The van der Waals surface area contributed by atoms with Crippen molar-refractivity contribution in [2.24, 2.45) is 4.99 Å². The van der Waals surface area contributed by atoms with Crippen LogP contribution in [0.5, 0.6) is 5.75 Å². The lowest BCUT2D eigenvalue weighted by molar-refractivity contribution is -0.0504. The number of guanidine groups is 1. The predicted molar refractivity (Wildman–Crippen MR) is 114 cm³/mol. The lowest BCUT2D eigenvalue weighted by Gasteiger charge is -2.29. The number of anilines is 1. The maximum Gasteiger partial charge on any atom is 0.387 e. The Balaban J connectivity index is 1.64. The molecule has 1 saturated heterocycles. The van der Waals surface area contributed by atoms with Crippen molar-refractivity contribution in [3.63, 3.8) is 0 Å². The van der Waals surface area contributed by atoms with E-state index in [4.69, 9.17) is 4.74 Å². The summed E-state index contributed by atoms with van der Waals surface area (Å²) in [5.41, 5.74) is 1.87. The van der Waals surface area contributed by atoms with Gasteiger partial charge in [-0.1, -0.05) is 24.3 Å². The van der Waals surface area contributed by atoms with Crippen molar-refractivity contribution >= 4 is 11.6 Å². The van der Waals surface area contributed by atoms with Crippen LogP contribution >= 0.6 is 0 Å². The Labute approximate surface area is 180 Å². The molecule has 0 radical (unpaired) electrons. The summed E-state index contributed by atoms with van der Waals surface area (Å²) in [4.78, 5) is 6.45. The summed E-state index contributed by atoms with van der Waals surface area (Å²) in [6.07, 6.45) is 0. The Morgan fingerprint density at radius 2 is 1.94 bits per heavy atom. The lowest BCUT2D eigenvalue weighted by atomic mass is 10.1. The van der Waals surface area contributed by atoms with Gasteiger partial charge in [0.05, 0.1) is 25.4 Å². The van der Waals surface area contributed by atoms with Gasteiger partial charge < -0.3 is 25.0 Å². The van der Waals surface area contributed by atoms with Gasteiger partial charge in [-0.2, -0.15) is 8.78 Å². The summed E-state index contributed by atoms with van der Waals surface area (Å²) in [5.74, 6) is 0.319. The molecule has 1 heterocycles. The summed E-state index contributed by atoms with van der Waals surface area (Å²) < 4.78 is 49.6. The topological polar surface area (TPSA) is 58.1 Å². The Bertz CT molecular complexity index is 874. The number of hydrogen-bond acceptors (Lipinski definition) is 4. The number of nitrogens with one attached hydrogen (secondary N) is 2. The van der Waals surface area contributed by atoms with Crippen LogP contribution < -0.4 is 20.3 Å². The minimum absolute atomic E-state index is 0.113. The number of benzene rings is 2. The van der Waals surface area contributed by atoms with Crippen molar-refractivity contribution in [2.45, 2.75) is 26.6 Å². The summed E-state index contributed by atoms with van der Waals surface area (Å²) in [5, 5.41) is 6.19. The molecule has 1 aliphatic heterocycles. The molecule has 2 aromatic rings. The molecule has 0 saturated carbocycles. The van der Waals surface area contributed by atoms with Crippen LogP contribution in [0.15, 0.2) is 47.5 Å². The number of ether oxygens (including phenoxy) is 2. The molecule has 1 aliphatic rings. The summed E-state index contributed by atoms with van der Waals surface area (Å²) in [6.45, 7) is 2.68. The first-order valence-corrected chi connectivity index (χ1v) is 10.2. The maximum absolute atomic E-state index is 14.6. The summed E-state index contributed by atoms with van der Waals surface area (Å²) in [6, 6.07) is 11.7. The van der Waals surface area contributed by atoms with Crippen LogP contribution in [-0.2, 0) is 17.8 Å². The number of halogens is 3. The van der Waals surface area contributed by atoms with Crippen molar-refractivity contribution in [2.75, 3.05) is 37.7 Å². The first-order valence-electron chi connectivity index (χ1n) is 10.2. The highest BCUT2D eigenvalue weighted by atomic mass is 19.3. The number of hydrogen-bond donors (Lipinski definition) is 2. The first kappa shape index (κ1) is 22.7. The van der Waals surface area contributed by atoms with Crippen LogP contribution in [0.2, 0.25) is 0 Å². The molecule has 9 heteroatoms. The van der Waals surface area contributed by atoms with Crippen molar-refractivity contribution in [3.05, 3.63) is 59.4 Å². The Kier molecular flexibility index (Phi) is 8.40. The third-order valence-corrected chi connectivity index (χ3v) is 4.76. The maximum atomic E-state index is 14.6. The lowest BCUT2D eigenvalue weighted by Crippen LogP contribution is -2.37. The third-order valence-electron chi connectivity index (χ3n) is 4.76. The molecule has 2 N–H and O–H groups in total. The molecule has 0 unspecified atom stereocenters. The molecule has 168 valence electrons. The molecule has 0 aliphatic carbocycles. The third kappa shape index (κ3) is 6.78. The van der Waals surface area contributed by atoms with Crippen LogP contribution in [0.3, 0.4) is 0 Å². The van der Waals surface area contributed by atoms with Crippen LogP contribution in [0.1, 0.15) is 18.1 Å². The zero-order valence-corrected chi connectivity index (χ0v) is 17.4. The minimum Gasteiger partial charge on any atom is -0.434 e. The van der Waals surface area contributed by atoms with E-state index in [0.717, 1.165) is 5.56 Å². The number of rotatable bonds is 8. The van der Waals surface area contributed by atoms with Gasteiger partial charge in [-0.3, -0.25) is 0 Å². The first-order chi connectivity index (χ1) is 15.1. The molecular formula is C22H27F3N4O2. The molecule has 0 amide bonds. The highest BCUT2D eigenvalue weighted by molar-refractivity contribution is 5.79. The van der Waals surface area contributed by atoms with Gasteiger partial charge >= 0.3 is 6.61 Å². The number of morpholine rings is 1. The zero-order chi connectivity index (χ0) is 22.1. The molecule has 1 fully saturated rings. The summed E-state index contributed by atoms with van der Waals surface area (Å²) >= 11 is 0. The predicted octanol–water partition coefficient (Wildman–Crippen LogP) is 3.52. The second-order valence-corrected chi connectivity index (χ2v) is 6.92. The quantitative estimate of drug-likeness (QED) is 0.490. The second kappa shape index (κ2) is 11.5. The van der Waals surface area contributed by atoms with Crippen molar-refractivity contribution in [3.8, 4) is 5.75 Å². The Morgan fingerprint density at radius 3 is 2.65 bits per heavy atom. The van der Waals surface area contributed by atoms with Gasteiger partial charge in [-0.05, 0) is 30.7 Å². The van der Waals surface area contributed by atoms with Gasteiger partial charge in [0.1, 0.15) is 11.6 Å². The molecule has 0 spiro atoms. The molecule has 31 heavy (non-hydrogen) atoms. The number of alkyl halides is 2. The number of nitrogens with zero attached hydrogens (tertiary/aromatic N) is 2. The number of para-hydroxylation sites is 1. The van der Waals surface area contributed by atoms with E-state index in [2.05, 4.69) is 20.4 Å². The fraction of sp³-hybridized carbons (Fsp3) is 0.409. The monoisotopic (exact) mass is 436 g/mol. The normalized spacial score (nSPS) is 14.6. The Hall–Kier alpha value is -2.94. The smallest absolute Gasteiger partial charge is 0.387 e. The van der Waals surface area contributed by atoms with Gasteiger partial charge in [-0.25, -0.2) is 9.38 Å². The molecule has 0 atom stereocenters. The highest BCUT2D eigenvalue weighted by Gasteiger charge is 2.15. The average Bonchev–Trinajstić information content (AvgIpc) is 2.77. The van der Waals surface area contributed by atoms with Crippen LogP contribution in [0, 0.1) is 5.82 Å². The van der Waals surface area contributed by atoms with E-state index in [1.807, 2.05) is 17.9 Å². The van der Waals surface area contributed by atoms with E-state index >= 15 is 0 Å². The van der Waals surface area contributed by atoms with E-state index in [1.165, 1.54) is 12.1 Å². The molecule has 3 rings (SSSR count). The fourth-order valence-corrected chi connectivity index (χ4v) is 3.26. The SMILES string of the molecule is CCNC(=NCc1ccc(N2CCOCC2)c(F)c1)NCc1ccccc1OC(F)F.